The Bertz CT molecular complexity index is 252. The van der Waals surface area contributed by atoms with Gasteiger partial charge in [0.15, 0.2) is 6.04 Å². The summed E-state index contributed by atoms with van der Waals surface area (Å²) in [5, 5.41) is 3.16. The molecule has 0 radical (unpaired) electrons. The molecule has 0 rings (SSSR count). The van der Waals surface area contributed by atoms with Gasteiger partial charge in [0.05, 0.1) is 12.4 Å². The lowest BCUT2D eigenvalue weighted by molar-refractivity contribution is -0.153. The third-order valence-electron chi connectivity index (χ3n) is 1.87. The quantitative estimate of drug-likeness (QED) is 0.392. The van der Waals surface area contributed by atoms with Crippen LogP contribution in [0.3, 0.4) is 0 Å². The Labute approximate surface area is 88.5 Å². The van der Waals surface area contributed by atoms with Crippen LogP contribution in [0.1, 0.15) is 27.2 Å². The molecular weight excluding hydrogens is 200 g/mol. The number of methoxy groups -OCH3 is 1. The van der Waals surface area contributed by atoms with E-state index in [-0.39, 0.29) is 5.92 Å². The van der Waals surface area contributed by atoms with E-state index in [0.717, 1.165) is 0 Å². The van der Waals surface area contributed by atoms with Crippen LogP contribution >= 0.6 is 0 Å². The van der Waals surface area contributed by atoms with Crippen LogP contribution in [0.15, 0.2) is 5.29 Å². The molecule has 0 bridgehead atoms. The van der Waals surface area contributed by atoms with E-state index in [2.05, 4.69) is 10.0 Å². The van der Waals surface area contributed by atoms with Crippen molar-refractivity contribution >= 4 is 11.9 Å². The van der Waals surface area contributed by atoms with Crippen molar-refractivity contribution in [2.75, 3.05) is 7.11 Å². The van der Waals surface area contributed by atoms with E-state index in [1.807, 2.05) is 13.8 Å². The van der Waals surface area contributed by atoms with Gasteiger partial charge in [-0.1, -0.05) is 13.8 Å². The molecule has 1 unspecified atom stereocenters. The summed E-state index contributed by atoms with van der Waals surface area (Å²) in [7, 11) is 1.21. The lowest BCUT2D eigenvalue weighted by Gasteiger charge is -2.22. The van der Waals surface area contributed by atoms with Crippen molar-refractivity contribution in [2.24, 2.45) is 11.2 Å². The second kappa shape index (κ2) is 6.10. The van der Waals surface area contributed by atoms with Crippen LogP contribution in [-0.4, -0.2) is 30.0 Å². The summed E-state index contributed by atoms with van der Waals surface area (Å²) < 4.78 is 4.51. The number of esters is 1. The van der Waals surface area contributed by atoms with Gasteiger partial charge in [0, 0.05) is 6.92 Å². The molecule has 6 heteroatoms. The van der Waals surface area contributed by atoms with E-state index in [0.29, 0.717) is 11.4 Å². The highest BCUT2D eigenvalue weighted by atomic mass is 16.5. The maximum absolute atomic E-state index is 11.3. The molecule has 15 heavy (non-hydrogen) atoms. The predicted molar refractivity (Wildman–Crippen MR) is 53.6 cm³/mol. The lowest BCUT2D eigenvalue weighted by Crippen LogP contribution is -2.41. The molecule has 0 N–H and O–H groups in total. The van der Waals surface area contributed by atoms with Crippen LogP contribution in [0.5, 0.6) is 0 Å². The fourth-order valence-electron chi connectivity index (χ4n) is 1.21. The molecule has 0 saturated carbocycles. The standard InChI is InChI=1S/C9H16N2O4/c1-6(2)5-8(9(13)15-4)11(10-14)7(3)12/h6,8H,5H2,1-4H3. The van der Waals surface area contributed by atoms with Gasteiger partial charge >= 0.3 is 5.97 Å². The number of hydrogen-bond donors (Lipinski definition) is 0. The van der Waals surface area contributed by atoms with Crippen LogP contribution in [-0.2, 0) is 14.3 Å². The second-order valence-electron chi connectivity index (χ2n) is 3.61. The van der Waals surface area contributed by atoms with Gasteiger partial charge in [0.2, 0.25) is 5.91 Å². The molecule has 0 aliphatic rings. The zero-order chi connectivity index (χ0) is 12.0. The topological polar surface area (TPSA) is 76.0 Å². The van der Waals surface area contributed by atoms with E-state index in [1.165, 1.54) is 14.0 Å². The molecule has 0 heterocycles. The van der Waals surface area contributed by atoms with Gasteiger partial charge in [0.1, 0.15) is 0 Å². The third-order valence-corrected chi connectivity index (χ3v) is 1.87. The summed E-state index contributed by atoms with van der Waals surface area (Å²) in [5.41, 5.74) is 0. The highest BCUT2D eigenvalue weighted by Gasteiger charge is 2.30. The van der Waals surface area contributed by atoms with Gasteiger partial charge in [-0.2, -0.15) is 5.01 Å². The first-order valence-electron chi connectivity index (χ1n) is 4.64. The highest BCUT2D eigenvalue weighted by Crippen LogP contribution is 2.13. The molecule has 0 fully saturated rings. The lowest BCUT2D eigenvalue weighted by atomic mass is 10.0. The Morgan fingerprint density at radius 3 is 2.20 bits per heavy atom. The maximum atomic E-state index is 11.3. The number of carbonyl (C=O) groups is 2. The zero-order valence-electron chi connectivity index (χ0n) is 9.39. The summed E-state index contributed by atoms with van der Waals surface area (Å²) >= 11 is 0. The minimum Gasteiger partial charge on any atom is -0.467 e. The van der Waals surface area contributed by atoms with Gasteiger partial charge in [0.25, 0.3) is 0 Å². The molecule has 0 aromatic rings. The Balaban J connectivity index is 4.80. The number of nitroso groups, excluding NO2 is 1. The van der Waals surface area contributed by atoms with Crippen LogP contribution < -0.4 is 0 Å². The van der Waals surface area contributed by atoms with Crippen molar-refractivity contribution in [1.82, 2.24) is 5.01 Å². The number of rotatable bonds is 5. The molecule has 86 valence electrons. The first-order chi connectivity index (χ1) is 6.93. The molecule has 1 amide bonds. The average Bonchev–Trinajstić information content (AvgIpc) is 2.15. The Hall–Kier alpha value is -1.46. The van der Waals surface area contributed by atoms with E-state index in [4.69, 9.17) is 0 Å². The monoisotopic (exact) mass is 216 g/mol. The number of amides is 1. The maximum Gasteiger partial charge on any atom is 0.330 e. The van der Waals surface area contributed by atoms with Gasteiger partial charge in [-0.15, -0.1) is 4.91 Å². The van der Waals surface area contributed by atoms with Crippen LogP contribution in [0.4, 0.5) is 0 Å². The van der Waals surface area contributed by atoms with E-state index in [9.17, 15) is 14.5 Å². The van der Waals surface area contributed by atoms with Crippen LogP contribution in [0, 0.1) is 10.8 Å². The van der Waals surface area contributed by atoms with Gasteiger partial charge < -0.3 is 4.74 Å². The van der Waals surface area contributed by atoms with Gasteiger partial charge in [-0.05, 0) is 12.3 Å². The van der Waals surface area contributed by atoms with Gasteiger partial charge in [-0.3, -0.25) is 4.79 Å². The van der Waals surface area contributed by atoms with Crippen molar-refractivity contribution in [2.45, 2.75) is 33.2 Å². The molecule has 1 atom stereocenters. The Morgan fingerprint density at radius 1 is 1.40 bits per heavy atom. The summed E-state index contributed by atoms with van der Waals surface area (Å²) in [4.78, 5) is 32.8. The molecule has 0 saturated heterocycles. The molecule has 0 aromatic carbocycles. The molecule has 0 aliphatic heterocycles. The first-order valence-corrected chi connectivity index (χ1v) is 4.64. The van der Waals surface area contributed by atoms with Crippen LogP contribution in [0.25, 0.3) is 0 Å². The number of hydrogen-bond acceptors (Lipinski definition) is 5. The highest BCUT2D eigenvalue weighted by molar-refractivity contribution is 5.82. The summed E-state index contributed by atoms with van der Waals surface area (Å²) in [6.45, 7) is 4.93. The van der Waals surface area contributed by atoms with Crippen molar-refractivity contribution < 1.29 is 14.3 Å². The fraction of sp³-hybridized carbons (Fsp3) is 0.778. The zero-order valence-corrected chi connectivity index (χ0v) is 9.39. The Kier molecular flexibility index (Phi) is 5.51. The van der Waals surface area contributed by atoms with Gasteiger partial charge in [-0.25, -0.2) is 4.79 Å². The van der Waals surface area contributed by atoms with E-state index < -0.39 is 17.9 Å². The number of ether oxygens (including phenoxy) is 1. The molecular formula is C9H16N2O4. The fourth-order valence-corrected chi connectivity index (χ4v) is 1.21. The third kappa shape index (κ3) is 4.05. The summed E-state index contributed by atoms with van der Waals surface area (Å²) in [6.07, 6.45) is 0.345. The molecule has 0 aliphatic carbocycles. The minimum absolute atomic E-state index is 0.151. The smallest absolute Gasteiger partial charge is 0.330 e. The Morgan fingerprint density at radius 2 is 1.93 bits per heavy atom. The minimum atomic E-state index is -0.926. The van der Waals surface area contributed by atoms with E-state index in [1.54, 1.807) is 0 Å². The number of nitrogens with zero attached hydrogens (tertiary/aromatic N) is 2. The SMILES string of the molecule is COC(=O)C(CC(C)C)N(N=O)C(C)=O. The molecule has 0 aromatic heterocycles. The molecule has 0 spiro atoms. The molecule has 6 nitrogen and oxygen atoms in total. The van der Waals surface area contributed by atoms with Crippen molar-refractivity contribution in [1.29, 1.82) is 0 Å². The van der Waals surface area contributed by atoms with Crippen LogP contribution in [0.2, 0.25) is 0 Å². The normalized spacial score (nSPS) is 12.1. The predicted octanol–water partition coefficient (Wildman–Crippen LogP) is 1.10. The van der Waals surface area contributed by atoms with Crippen molar-refractivity contribution in [3.05, 3.63) is 4.91 Å². The second-order valence-corrected chi connectivity index (χ2v) is 3.61. The van der Waals surface area contributed by atoms with E-state index >= 15 is 0 Å². The average molecular weight is 216 g/mol. The summed E-state index contributed by atoms with van der Waals surface area (Å²) in [6, 6.07) is -0.926. The van der Waals surface area contributed by atoms with Crippen molar-refractivity contribution in [3.63, 3.8) is 0 Å². The largest absolute Gasteiger partial charge is 0.467 e. The van der Waals surface area contributed by atoms with Crippen molar-refractivity contribution in [3.8, 4) is 0 Å². The number of carbonyl (C=O) groups excluding carboxylic acids is 2. The summed E-state index contributed by atoms with van der Waals surface area (Å²) in [5.74, 6) is -1.04. The first kappa shape index (κ1) is 13.5.